The Morgan fingerprint density at radius 3 is 2.21 bits per heavy atom. The van der Waals surface area contributed by atoms with Crippen molar-refractivity contribution < 1.29 is 24.2 Å². The fraction of sp³-hybridized carbons (Fsp3) is 0.409. The number of carbonyl (C=O) groups excluding carboxylic acids is 2. The lowest BCUT2D eigenvalue weighted by Crippen LogP contribution is -2.42. The van der Waals surface area contributed by atoms with Crippen molar-refractivity contribution in [2.45, 2.75) is 40.2 Å². The molecule has 0 bridgehead atoms. The van der Waals surface area contributed by atoms with Gasteiger partial charge in [-0.05, 0) is 32.8 Å². The maximum Gasteiger partial charge on any atom is 0.417 e. The summed E-state index contributed by atoms with van der Waals surface area (Å²) in [6, 6.07) is 9.59. The number of benzene rings is 1. The van der Waals surface area contributed by atoms with Gasteiger partial charge >= 0.3 is 12.1 Å². The van der Waals surface area contributed by atoms with Crippen molar-refractivity contribution in [3.63, 3.8) is 0 Å². The Hall–Kier alpha value is -2.89. The van der Waals surface area contributed by atoms with Crippen LogP contribution >= 0.6 is 0 Å². The van der Waals surface area contributed by atoms with Gasteiger partial charge in [0.25, 0.3) is 0 Å². The number of allylic oxidation sites excluding steroid dienone is 2. The van der Waals surface area contributed by atoms with Crippen LogP contribution in [0.5, 0.6) is 0 Å². The molecule has 2 amide bonds. The Bertz CT molecular complexity index is 711. The number of carboxylic acid groups (broad SMARTS) is 1. The van der Waals surface area contributed by atoms with E-state index in [1.165, 1.54) is 4.90 Å². The zero-order valence-electron chi connectivity index (χ0n) is 16.9. The topological polar surface area (TPSA) is 83.9 Å². The highest BCUT2D eigenvalue weighted by Crippen LogP contribution is 2.20. The number of hydrogen-bond acceptors (Lipinski definition) is 4. The maximum absolute atomic E-state index is 12.3. The number of ether oxygens (including phenoxy) is 1. The highest BCUT2D eigenvalue weighted by molar-refractivity contribution is 5.95. The van der Waals surface area contributed by atoms with E-state index in [0.29, 0.717) is 6.42 Å². The van der Waals surface area contributed by atoms with Gasteiger partial charge in [-0.2, -0.15) is 0 Å². The highest BCUT2D eigenvalue weighted by atomic mass is 16.6. The molecule has 1 fully saturated rings. The van der Waals surface area contributed by atoms with Gasteiger partial charge in [-0.1, -0.05) is 61.6 Å². The summed E-state index contributed by atoms with van der Waals surface area (Å²) in [5.41, 5.74) is 1.09. The fourth-order valence-corrected chi connectivity index (χ4v) is 2.73. The van der Waals surface area contributed by atoms with Crippen molar-refractivity contribution in [1.29, 1.82) is 0 Å². The van der Waals surface area contributed by atoms with Crippen molar-refractivity contribution in [1.82, 2.24) is 4.90 Å². The molecule has 1 aliphatic rings. The Labute approximate surface area is 166 Å². The lowest BCUT2D eigenvalue weighted by Gasteiger charge is -2.21. The molecule has 1 aromatic carbocycles. The third-order valence-electron chi connectivity index (χ3n) is 4.25. The summed E-state index contributed by atoms with van der Waals surface area (Å²) in [6.45, 7) is 7.35. The monoisotopic (exact) mass is 387 g/mol. The van der Waals surface area contributed by atoms with Crippen LogP contribution in [0.2, 0.25) is 0 Å². The molecule has 0 aliphatic carbocycles. The summed E-state index contributed by atoms with van der Waals surface area (Å²) in [4.78, 5) is 35.4. The average molecular weight is 387 g/mol. The van der Waals surface area contributed by atoms with Crippen LogP contribution in [-0.4, -0.2) is 40.6 Å². The number of imide groups is 1. The molecular formula is C22H29NO5. The van der Waals surface area contributed by atoms with Crippen LogP contribution in [0.4, 0.5) is 4.79 Å². The first-order valence-corrected chi connectivity index (χ1v) is 9.34. The van der Waals surface area contributed by atoms with Gasteiger partial charge in [-0.15, -0.1) is 0 Å². The van der Waals surface area contributed by atoms with Crippen LogP contribution in [0.25, 0.3) is 0 Å². The largest absolute Gasteiger partial charge is 0.481 e. The molecule has 1 N–H and O–H groups in total. The van der Waals surface area contributed by atoms with Crippen molar-refractivity contribution >= 4 is 18.0 Å². The first kappa shape index (κ1) is 23.1. The number of amides is 2. The average Bonchev–Trinajstić information content (AvgIpc) is 3.03. The summed E-state index contributed by atoms with van der Waals surface area (Å²) in [5.74, 6) is -1.64. The van der Waals surface area contributed by atoms with Gasteiger partial charge in [-0.25, -0.2) is 9.69 Å². The van der Waals surface area contributed by atoms with Crippen LogP contribution in [-0.2, 0) is 20.7 Å². The molecule has 3 atom stereocenters. The number of carbonyl (C=O) groups is 3. The van der Waals surface area contributed by atoms with Crippen LogP contribution in [0, 0.1) is 11.8 Å². The maximum atomic E-state index is 12.3. The minimum absolute atomic E-state index is 0.202. The SMILES string of the molecule is C/C=C/[C@H](C)C(=O)N1C(=O)OC[C@H]1Cc1ccccc1.C/C=C/[C@H](C)C(=O)O. The van der Waals surface area contributed by atoms with Gasteiger partial charge in [0.05, 0.1) is 17.9 Å². The predicted molar refractivity (Wildman–Crippen MR) is 108 cm³/mol. The molecule has 28 heavy (non-hydrogen) atoms. The van der Waals surface area contributed by atoms with Gasteiger partial charge in [0.15, 0.2) is 0 Å². The summed E-state index contributed by atoms with van der Waals surface area (Å²) in [7, 11) is 0. The molecule has 0 radical (unpaired) electrons. The summed E-state index contributed by atoms with van der Waals surface area (Å²) in [5, 5.41) is 8.26. The molecule has 6 nitrogen and oxygen atoms in total. The van der Waals surface area contributed by atoms with Crippen molar-refractivity contribution in [2.24, 2.45) is 11.8 Å². The summed E-state index contributed by atoms with van der Waals surface area (Å²) >= 11 is 0. The number of carboxylic acids is 1. The molecule has 2 rings (SSSR count). The van der Waals surface area contributed by atoms with Gasteiger partial charge in [-0.3, -0.25) is 9.59 Å². The molecule has 0 aromatic heterocycles. The van der Waals surface area contributed by atoms with Gasteiger partial charge in [0.2, 0.25) is 5.91 Å². The fourth-order valence-electron chi connectivity index (χ4n) is 2.73. The molecule has 1 aromatic rings. The van der Waals surface area contributed by atoms with Crippen LogP contribution < -0.4 is 0 Å². The van der Waals surface area contributed by atoms with Crippen molar-refractivity contribution in [3.05, 3.63) is 60.2 Å². The van der Waals surface area contributed by atoms with E-state index in [0.717, 1.165) is 5.56 Å². The number of aliphatic carboxylic acids is 1. The number of rotatable bonds is 6. The summed E-state index contributed by atoms with van der Waals surface area (Å²) in [6.07, 6.45) is 7.07. The van der Waals surface area contributed by atoms with Crippen molar-refractivity contribution in [3.8, 4) is 0 Å². The van der Waals surface area contributed by atoms with E-state index in [2.05, 4.69) is 0 Å². The number of nitrogens with zero attached hydrogens (tertiary/aromatic N) is 1. The number of hydrogen-bond donors (Lipinski definition) is 1. The predicted octanol–water partition coefficient (Wildman–Crippen LogP) is 4.07. The molecule has 0 unspecified atom stereocenters. The second kappa shape index (κ2) is 11.7. The first-order valence-electron chi connectivity index (χ1n) is 9.34. The van der Waals surface area contributed by atoms with Crippen LogP contribution in [0.15, 0.2) is 54.6 Å². The van der Waals surface area contributed by atoms with Gasteiger partial charge < -0.3 is 9.84 Å². The zero-order chi connectivity index (χ0) is 21.1. The molecule has 1 aliphatic heterocycles. The van der Waals surface area contributed by atoms with E-state index in [-0.39, 0.29) is 30.4 Å². The minimum Gasteiger partial charge on any atom is -0.481 e. The Morgan fingerprint density at radius 2 is 1.71 bits per heavy atom. The molecule has 152 valence electrons. The van der Waals surface area contributed by atoms with Crippen LogP contribution in [0.1, 0.15) is 33.3 Å². The molecule has 1 heterocycles. The lowest BCUT2D eigenvalue weighted by molar-refractivity contribution is -0.139. The zero-order valence-corrected chi connectivity index (χ0v) is 16.9. The van der Waals surface area contributed by atoms with E-state index in [9.17, 15) is 14.4 Å². The van der Waals surface area contributed by atoms with E-state index >= 15 is 0 Å². The molecule has 1 saturated heterocycles. The van der Waals surface area contributed by atoms with Gasteiger partial charge in [0, 0.05) is 0 Å². The molecule has 0 spiro atoms. The Morgan fingerprint density at radius 1 is 1.14 bits per heavy atom. The normalized spacial score (nSPS) is 18.5. The van der Waals surface area contributed by atoms with E-state index < -0.39 is 12.1 Å². The summed E-state index contributed by atoms with van der Waals surface area (Å²) < 4.78 is 5.04. The van der Waals surface area contributed by atoms with Crippen molar-refractivity contribution in [2.75, 3.05) is 6.61 Å². The molecular weight excluding hydrogens is 358 g/mol. The smallest absolute Gasteiger partial charge is 0.417 e. The Balaban J connectivity index is 0.000000416. The third-order valence-corrected chi connectivity index (χ3v) is 4.25. The van der Waals surface area contributed by atoms with E-state index in [1.54, 1.807) is 39.0 Å². The van der Waals surface area contributed by atoms with E-state index in [1.807, 2.05) is 43.3 Å². The number of cyclic esters (lactones) is 1. The highest BCUT2D eigenvalue weighted by Gasteiger charge is 2.39. The Kier molecular flexibility index (Phi) is 9.71. The quantitative estimate of drug-likeness (QED) is 0.744. The van der Waals surface area contributed by atoms with E-state index in [4.69, 9.17) is 9.84 Å². The standard InChI is InChI=1S/C16H19NO3.C6H10O2/c1-3-7-12(2)15(18)17-14(11-20-16(17)19)10-13-8-5-4-6-9-13;1-3-4-5(2)6(7)8/h3-9,12,14H,10-11H2,1-2H3;3-5H,1-2H3,(H,7,8)/b7-3+;4-3+/t12-,14+;5-/m00/s1. The molecule has 0 saturated carbocycles. The lowest BCUT2D eigenvalue weighted by atomic mass is 10.0. The second-order valence-corrected chi connectivity index (χ2v) is 6.60. The molecule has 6 heteroatoms. The third kappa shape index (κ3) is 7.02. The van der Waals surface area contributed by atoms with Gasteiger partial charge in [0.1, 0.15) is 6.61 Å². The second-order valence-electron chi connectivity index (χ2n) is 6.60. The first-order chi connectivity index (χ1) is 13.3. The van der Waals surface area contributed by atoms with Crippen LogP contribution in [0.3, 0.4) is 0 Å². The minimum atomic E-state index is -0.775.